The van der Waals surface area contributed by atoms with E-state index >= 15 is 0 Å². The lowest BCUT2D eigenvalue weighted by Crippen LogP contribution is -2.17. The molecule has 0 saturated carbocycles. The Labute approximate surface area is 45.1 Å². The first kappa shape index (κ1) is 7.33. The molecular weight excluding hydrogens is 118 g/mol. The van der Waals surface area contributed by atoms with Gasteiger partial charge in [-0.25, -0.2) is 8.78 Å². The van der Waals surface area contributed by atoms with E-state index in [1.165, 1.54) is 0 Å². The van der Waals surface area contributed by atoms with Gasteiger partial charge < -0.3 is 5.11 Å². The maximum atomic E-state index is 11.3. The van der Waals surface area contributed by atoms with Crippen molar-refractivity contribution in [2.75, 3.05) is 0 Å². The van der Waals surface area contributed by atoms with Gasteiger partial charge in [0.25, 0.3) is 6.43 Å². The zero-order valence-electron chi connectivity index (χ0n) is 4.27. The Morgan fingerprint density at radius 1 is 1.62 bits per heavy atom. The summed E-state index contributed by atoms with van der Waals surface area (Å²) in [7, 11) is 0. The Morgan fingerprint density at radius 2 is 2.00 bits per heavy atom. The molecule has 4 heteroatoms. The SMILES string of the molecule is C[C@@H](C(=O)O)C(F)F. The standard InChI is InChI=1S/C4H6F2O2/c1-2(3(5)6)4(7)8/h2-3H,1H3,(H,7,8)/t2-/m1/s1. The summed E-state index contributed by atoms with van der Waals surface area (Å²) in [5.41, 5.74) is 0. The fraction of sp³-hybridized carbons (Fsp3) is 0.750. The summed E-state index contributed by atoms with van der Waals surface area (Å²) < 4.78 is 22.6. The van der Waals surface area contributed by atoms with E-state index in [0.717, 1.165) is 6.92 Å². The van der Waals surface area contributed by atoms with E-state index in [2.05, 4.69) is 0 Å². The van der Waals surface area contributed by atoms with E-state index in [1.54, 1.807) is 0 Å². The molecule has 0 spiro atoms. The average molecular weight is 124 g/mol. The van der Waals surface area contributed by atoms with Gasteiger partial charge in [-0.3, -0.25) is 4.79 Å². The zero-order chi connectivity index (χ0) is 6.73. The highest BCUT2D eigenvalue weighted by Gasteiger charge is 2.21. The summed E-state index contributed by atoms with van der Waals surface area (Å²) >= 11 is 0. The summed E-state index contributed by atoms with van der Waals surface area (Å²) in [5, 5.41) is 7.87. The molecule has 0 aromatic carbocycles. The number of carboxylic acids is 1. The normalized spacial score (nSPS) is 14.0. The maximum absolute atomic E-state index is 11.3. The molecule has 0 heterocycles. The van der Waals surface area contributed by atoms with Gasteiger partial charge in [0.2, 0.25) is 0 Å². The van der Waals surface area contributed by atoms with E-state index in [4.69, 9.17) is 5.11 Å². The quantitative estimate of drug-likeness (QED) is 0.595. The van der Waals surface area contributed by atoms with Gasteiger partial charge in [0, 0.05) is 0 Å². The monoisotopic (exact) mass is 124 g/mol. The van der Waals surface area contributed by atoms with E-state index in [-0.39, 0.29) is 0 Å². The summed E-state index contributed by atoms with van der Waals surface area (Å²) in [6.07, 6.45) is -2.76. The third-order valence-corrected chi connectivity index (χ3v) is 0.767. The summed E-state index contributed by atoms with van der Waals surface area (Å²) in [5.74, 6) is -3.00. The summed E-state index contributed by atoms with van der Waals surface area (Å²) in [6.45, 7) is 0.965. The molecule has 0 aromatic rings. The second-order valence-electron chi connectivity index (χ2n) is 1.46. The number of carbonyl (C=O) groups is 1. The van der Waals surface area contributed by atoms with Crippen LogP contribution >= 0.6 is 0 Å². The molecule has 0 fully saturated rings. The van der Waals surface area contributed by atoms with E-state index < -0.39 is 18.3 Å². The lowest BCUT2D eigenvalue weighted by Gasteiger charge is -2.00. The Kier molecular flexibility index (Phi) is 2.37. The van der Waals surface area contributed by atoms with Crippen molar-refractivity contribution in [3.63, 3.8) is 0 Å². The molecular formula is C4H6F2O2. The first-order valence-electron chi connectivity index (χ1n) is 2.06. The number of hydrogen-bond acceptors (Lipinski definition) is 1. The van der Waals surface area contributed by atoms with Crippen molar-refractivity contribution in [1.82, 2.24) is 0 Å². The molecule has 0 unspecified atom stereocenters. The van der Waals surface area contributed by atoms with E-state index in [0.29, 0.717) is 0 Å². The molecule has 0 aliphatic carbocycles. The fourth-order valence-electron chi connectivity index (χ4n) is 0.108. The van der Waals surface area contributed by atoms with Gasteiger partial charge in [0.05, 0.1) is 0 Å². The molecule has 0 saturated heterocycles. The minimum atomic E-state index is -2.76. The number of aliphatic carboxylic acids is 1. The second-order valence-corrected chi connectivity index (χ2v) is 1.46. The highest BCUT2D eigenvalue weighted by atomic mass is 19.3. The molecule has 2 nitrogen and oxygen atoms in total. The molecule has 0 radical (unpaired) electrons. The average Bonchev–Trinajstić information content (AvgIpc) is 1.64. The van der Waals surface area contributed by atoms with Crippen LogP contribution < -0.4 is 0 Å². The van der Waals surface area contributed by atoms with Gasteiger partial charge >= 0.3 is 5.97 Å². The Bertz CT molecular complexity index is 92.0. The van der Waals surface area contributed by atoms with Gasteiger partial charge in [-0.15, -0.1) is 0 Å². The predicted octanol–water partition coefficient (Wildman–Crippen LogP) is 0.972. The van der Waals surface area contributed by atoms with Gasteiger partial charge in [-0.05, 0) is 6.92 Å². The first-order chi connectivity index (χ1) is 3.55. The van der Waals surface area contributed by atoms with Crippen LogP contribution in [0.4, 0.5) is 8.78 Å². The summed E-state index contributed by atoms with van der Waals surface area (Å²) in [4.78, 5) is 9.66. The van der Waals surface area contributed by atoms with Gasteiger partial charge in [0.1, 0.15) is 5.92 Å². The fourth-order valence-corrected chi connectivity index (χ4v) is 0.108. The molecule has 1 N–H and O–H groups in total. The second kappa shape index (κ2) is 2.59. The highest BCUT2D eigenvalue weighted by Crippen LogP contribution is 2.07. The van der Waals surface area contributed by atoms with Crippen molar-refractivity contribution in [2.45, 2.75) is 13.3 Å². The minimum absolute atomic E-state index is 0.965. The number of hydrogen-bond donors (Lipinski definition) is 1. The van der Waals surface area contributed by atoms with Crippen LogP contribution in [-0.4, -0.2) is 17.5 Å². The van der Waals surface area contributed by atoms with Crippen molar-refractivity contribution in [1.29, 1.82) is 0 Å². The number of alkyl halides is 2. The first-order valence-corrected chi connectivity index (χ1v) is 2.06. The molecule has 0 amide bonds. The number of rotatable bonds is 2. The Hall–Kier alpha value is -0.670. The third kappa shape index (κ3) is 1.86. The van der Waals surface area contributed by atoms with Crippen LogP contribution in [0.25, 0.3) is 0 Å². The van der Waals surface area contributed by atoms with Crippen LogP contribution in [-0.2, 0) is 4.79 Å². The highest BCUT2D eigenvalue weighted by molar-refractivity contribution is 5.69. The third-order valence-electron chi connectivity index (χ3n) is 0.767. The zero-order valence-corrected chi connectivity index (χ0v) is 4.27. The minimum Gasteiger partial charge on any atom is -0.481 e. The van der Waals surface area contributed by atoms with Crippen LogP contribution in [0.2, 0.25) is 0 Å². The topological polar surface area (TPSA) is 37.3 Å². The van der Waals surface area contributed by atoms with Crippen molar-refractivity contribution in [2.24, 2.45) is 5.92 Å². The van der Waals surface area contributed by atoms with E-state index in [9.17, 15) is 13.6 Å². The van der Waals surface area contributed by atoms with Crippen LogP contribution in [0, 0.1) is 5.92 Å². The summed E-state index contributed by atoms with van der Waals surface area (Å²) in [6, 6.07) is 0. The van der Waals surface area contributed by atoms with Crippen LogP contribution in [0.3, 0.4) is 0 Å². The molecule has 0 bridgehead atoms. The lowest BCUT2D eigenvalue weighted by atomic mass is 10.2. The van der Waals surface area contributed by atoms with Crippen molar-refractivity contribution in [3.8, 4) is 0 Å². The van der Waals surface area contributed by atoms with Crippen LogP contribution in [0.5, 0.6) is 0 Å². The van der Waals surface area contributed by atoms with Crippen molar-refractivity contribution < 1.29 is 18.7 Å². The Morgan fingerprint density at radius 3 is 2.00 bits per heavy atom. The number of halogens is 2. The Balaban J connectivity index is 3.64. The van der Waals surface area contributed by atoms with Gasteiger partial charge in [-0.1, -0.05) is 0 Å². The van der Waals surface area contributed by atoms with Crippen LogP contribution in [0.15, 0.2) is 0 Å². The smallest absolute Gasteiger partial charge is 0.312 e. The molecule has 0 aliphatic rings. The molecule has 0 aliphatic heterocycles. The molecule has 0 rings (SSSR count). The largest absolute Gasteiger partial charge is 0.481 e. The van der Waals surface area contributed by atoms with Crippen LogP contribution in [0.1, 0.15) is 6.92 Å². The van der Waals surface area contributed by atoms with Gasteiger partial charge in [0.15, 0.2) is 0 Å². The van der Waals surface area contributed by atoms with Crippen molar-refractivity contribution in [3.05, 3.63) is 0 Å². The molecule has 48 valence electrons. The van der Waals surface area contributed by atoms with Gasteiger partial charge in [-0.2, -0.15) is 0 Å². The molecule has 8 heavy (non-hydrogen) atoms. The van der Waals surface area contributed by atoms with E-state index in [1.807, 2.05) is 0 Å². The number of carboxylic acid groups (broad SMARTS) is 1. The predicted molar refractivity (Wildman–Crippen MR) is 22.8 cm³/mol. The maximum Gasteiger partial charge on any atom is 0.312 e. The van der Waals surface area contributed by atoms with Crippen molar-refractivity contribution >= 4 is 5.97 Å². The lowest BCUT2D eigenvalue weighted by molar-refractivity contribution is -0.145. The molecule has 1 atom stereocenters. The molecule has 0 aromatic heterocycles.